The SMILES string of the molecule is COC(=O)c1ccccc1NC(=O)CNc1ccc(OC)cc1OC. The van der Waals surface area contributed by atoms with Crippen molar-refractivity contribution in [2.75, 3.05) is 38.5 Å². The minimum Gasteiger partial charge on any atom is -0.497 e. The predicted octanol–water partition coefficient (Wildman–Crippen LogP) is 2.54. The average Bonchev–Trinajstić information content (AvgIpc) is 2.66. The van der Waals surface area contributed by atoms with Crippen LogP contribution in [0.2, 0.25) is 0 Å². The van der Waals surface area contributed by atoms with Gasteiger partial charge in [-0.25, -0.2) is 4.79 Å². The smallest absolute Gasteiger partial charge is 0.339 e. The molecule has 25 heavy (non-hydrogen) atoms. The fourth-order valence-electron chi connectivity index (χ4n) is 2.19. The molecule has 7 heteroatoms. The summed E-state index contributed by atoms with van der Waals surface area (Å²) in [6, 6.07) is 11.9. The molecule has 2 aromatic rings. The normalized spacial score (nSPS) is 9.88. The Balaban J connectivity index is 2.04. The maximum atomic E-state index is 12.2. The lowest BCUT2D eigenvalue weighted by Crippen LogP contribution is -2.23. The van der Waals surface area contributed by atoms with Crippen LogP contribution in [0, 0.1) is 0 Å². The van der Waals surface area contributed by atoms with Gasteiger partial charge in [0.05, 0.1) is 44.8 Å². The van der Waals surface area contributed by atoms with Crippen molar-refractivity contribution in [3.63, 3.8) is 0 Å². The predicted molar refractivity (Wildman–Crippen MR) is 94.4 cm³/mol. The Bertz CT molecular complexity index is 761. The topological polar surface area (TPSA) is 85.9 Å². The van der Waals surface area contributed by atoms with Gasteiger partial charge in [-0.15, -0.1) is 0 Å². The summed E-state index contributed by atoms with van der Waals surface area (Å²) in [7, 11) is 4.39. The van der Waals surface area contributed by atoms with E-state index in [0.29, 0.717) is 28.4 Å². The Labute approximate surface area is 145 Å². The Morgan fingerprint density at radius 1 is 0.960 bits per heavy atom. The molecule has 0 aliphatic heterocycles. The molecule has 1 amide bonds. The number of esters is 1. The molecule has 0 radical (unpaired) electrons. The van der Waals surface area contributed by atoms with Crippen LogP contribution in [0.15, 0.2) is 42.5 Å². The molecule has 0 aromatic heterocycles. The summed E-state index contributed by atoms with van der Waals surface area (Å²) >= 11 is 0. The van der Waals surface area contributed by atoms with Crippen molar-refractivity contribution in [1.29, 1.82) is 0 Å². The fraction of sp³-hybridized carbons (Fsp3) is 0.222. The van der Waals surface area contributed by atoms with Gasteiger partial charge in [-0.3, -0.25) is 4.79 Å². The highest BCUT2D eigenvalue weighted by Gasteiger charge is 2.13. The van der Waals surface area contributed by atoms with Crippen LogP contribution in [-0.2, 0) is 9.53 Å². The number of hydrogen-bond donors (Lipinski definition) is 2. The third-order valence-corrected chi connectivity index (χ3v) is 3.45. The quantitative estimate of drug-likeness (QED) is 0.751. The van der Waals surface area contributed by atoms with Crippen molar-refractivity contribution in [3.8, 4) is 11.5 Å². The van der Waals surface area contributed by atoms with Gasteiger partial charge in [-0.1, -0.05) is 12.1 Å². The molecule has 0 saturated heterocycles. The maximum absolute atomic E-state index is 12.2. The van der Waals surface area contributed by atoms with E-state index in [1.165, 1.54) is 14.2 Å². The first-order valence-corrected chi connectivity index (χ1v) is 7.52. The van der Waals surface area contributed by atoms with Gasteiger partial charge in [-0.2, -0.15) is 0 Å². The first-order valence-electron chi connectivity index (χ1n) is 7.52. The molecule has 0 unspecified atom stereocenters. The molecule has 7 nitrogen and oxygen atoms in total. The molecule has 0 aliphatic carbocycles. The summed E-state index contributed by atoms with van der Waals surface area (Å²) in [5.41, 5.74) is 1.34. The zero-order valence-corrected chi connectivity index (χ0v) is 14.3. The lowest BCUT2D eigenvalue weighted by molar-refractivity contribution is -0.114. The summed E-state index contributed by atoms with van der Waals surface area (Å²) in [6.45, 7) is -0.00179. The van der Waals surface area contributed by atoms with E-state index < -0.39 is 5.97 Å². The molecular weight excluding hydrogens is 324 g/mol. The van der Waals surface area contributed by atoms with Crippen molar-refractivity contribution in [3.05, 3.63) is 48.0 Å². The number of benzene rings is 2. The van der Waals surface area contributed by atoms with Gasteiger partial charge in [0.2, 0.25) is 5.91 Å². The number of rotatable bonds is 7. The molecule has 0 spiro atoms. The van der Waals surface area contributed by atoms with Crippen LogP contribution >= 0.6 is 0 Å². The first kappa shape index (κ1) is 18.1. The molecule has 0 saturated carbocycles. The second-order valence-corrected chi connectivity index (χ2v) is 5.01. The Morgan fingerprint density at radius 3 is 2.40 bits per heavy atom. The standard InChI is InChI=1S/C18H20N2O5/c1-23-12-8-9-15(16(10-12)24-2)19-11-17(21)20-14-7-5-4-6-13(14)18(22)25-3/h4-10,19H,11H2,1-3H3,(H,20,21). The van der Waals surface area contributed by atoms with E-state index in [-0.39, 0.29) is 12.5 Å². The molecule has 2 N–H and O–H groups in total. The second-order valence-electron chi connectivity index (χ2n) is 5.01. The maximum Gasteiger partial charge on any atom is 0.339 e. The number of methoxy groups -OCH3 is 3. The highest BCUT2D eigenvalue weighted by molar-refractivity contribution is 6.02. The van der Waals surface area contributed by atoms with Crippen LogP contribution < -0.4 is 20.1 Å². The lowest BCUT2D eigenvalue weighted by Gasteiger charge is -2.13. The Hall–Kier alpha value is -3.22. The van der Waals surface area contributed by atoms with Gasteiger partial charge in [0.25, 0.3) is 0 Å². The monoisotopic (exact) mass is 344 g/mol. The zero-order chi connectivity index (χ0) is 18.2. The highest BCUT2D eigenvalue weighted by Crippen LogP contribution is 2.28. The second kappa shape index (κ2) is 8.58. The number of carbonyl (C=O) groups excluding carboxylic acids is 2. The summed E-state index contributed by atoms with van der Waals surface area (Å²) in [5, 5.41) is 5.68. The number of nitrogens with one attached hydrogen (secondary N) is 2. The van der Waals surface area contributed by atoms with Crippen molar-refractivity contribution in [1.82, 2.24) is 0 Å². The van der Waals surface area contributed by atoms with E-state index in [1.807, 2.05) is 0 Å². The van der Waals surface area contributed by atoms with Gasteiger partial charge >= 0.3 is 5.97 Å². The van der Waals surface area contributed by atoms with Crippen molar-refractivity contribution < 1.29 is 23.8 Å². The molecule has 0 bridgehead atoms. The van der Waals surface area contributed by atoms with Crippen LogP contribution in [0.25, 0.3) is 0 Å². The van der Waals surface area contributed by atoms with Crippen LogP contribution in [0.1, 0.15) is 10.4 Å². The Kier molecular flexibility index (Phi) is 6.22. The van der Waals surface area contributed by atoms with E-state index in [2.05, 4.69) is 10.6 Å². The molecule has 0 fully saturated rings. The van der Waals surface area contributed by atoms with Crippen molar-refractivity contribution in [2.45, 2.75) is 0 Å². The molecular formula is C18H20N2O5. The zero-order valence-electron chi connectivity index (χ0n) is 14.3. The number of anilines is 2. The summed E-state index contributed by atoms with van der Waals surface area (Å²) < 4.78 is 15.1. The number of ether oxygens (including phenoxy) is 3. The highest BCUT2D eigenvalue weighted by atomic mass is 16.5. The Morgan fingerprint density at radius 2 is 1.72 bits per heavy atom. The molecule has 2 rings (SSSR count). The van der Waals surface area contributed by atoms with Gasteiger partial charge in [0.15, 0.2) is 0 Å². The third-order valence-electron chi connectivity index (χ3n) is 3.45. The number of para-hydroxylation sites is 1. The van der Waals surface area contributed by atoms with Crippen LogP contribution in [0.4, 0.5) is 11.4 Å². The van der Waals surface area contributed by atoms with Crippen LogP contribution in [0.3, 0.4) is 0 Å². The van der Waals surface area contributed by atoms with Gasteiger partial charge in [0.1, 0.15) is 11.5 Å². The summed E-state index contributed by atoms with van der Waals surface area (Å²) in [5.74, 6) is 0.385. The van der Waals surface area contributed by atoms with E-state index in [0.717, 1.165) is 0 Å². The van der Waals surface area contributed by atoms with Gasteiger partial charge in [-0.05, 0) is 24.3 Å². The summed E-state index contributed by atoms with van der Waals surface area (Å²) in [6.07, 6.45) is 0. The molecule has 0 aliphatic rings. The number of carbonyl (C=O) groups is 2. The third kappa shape index (κ3) is 4.63. The molecule has 0 heterocycles. The molecule has 132 valence electrons. The van der Waals surface area contributed by atoms with Gasteiger partial charge in [0, 0.05) is 6.07 Å². The van der Waals surface area contributed by atoms with Crippen molar-refractivity contribution in [2.24, 2.45) is 0 Å². The largest absolute Gasteiger partial charge is 0.497 e. The average molecular weight is 344 g/mol. The number of hydrogen-bond acceptors (Lipinski definition) is 6. The van der Waals surface area contributed by atoms with E-state index in [4.69, 9.17) is 14.2 Å². The van der Waals surface area contributed by atoms with Gasteiger partial charge < -0.3 is 24.8 Å². The van der Waals surface area contributed by atoms with E-state index >= 15 is 0 Å². The first-order chi connectivity index (χ1) is 12.1. The number of amides is 1. The van der Waals surface area contributed by atoms with E-state index in [9.17, 15) is 9.59 Å². The van der Waals surface area contributed by atoms with Crippen LogP contribution in [-0.4, -0.2) is 39.8 Å². The molecule has 0 atom stereocenters. The minimum absolute atomic E-state index is 0.00179. The molecule has 2 aromatic carbocycles. The van der Waals surface area contributed by atoms with Crippen molar-refractivity contribution >= 4 is 23.3 Å². The lowest BCUT2D eigenvalue weighted by atomic mass is 10.2. The van der Waals surface area contributed by atoms with E-state index in [1.54, 1.807) is 49.6 Å². The summed E-state index contributed by atoms with van der Waals surface area (Å²) in [4.78, 5) is 23.9. The minimum atomic E-state index is -0.513. The van der Waals surface area contributed by atoms with Crippen LogP contribution in [0.5, 0.6) is 11.5 Å². The fourth-order valence-corrected chi connectivity index (χ4v) is 2.19.